The van der Waals surface area contributed by atoms with Crippen LogP contribution in [0.3, 0.4) is 0 Å². The molecule has 4 rings (SSSR count). The van der Waals surface area contributed by atoms with Crippen LogP contribution >= 0.6 is 22.7 Å². The minimum atomic E-state index is -0.183. The first-order chi connectivity index (χ1) is 12.7. The molecule has 1 aromatic carbocycles. The number of carbonyl (C=O) groups is 1. The fourth-order valence-corrected chi connectivity index (χ4v) is 5.45. The lowest BCUT2D eigenvalue weighted by atomic mass is 9.96. The van der Waals surface area contributed by atoms with Gasteiger partial charge in [-0.3, -0.25) is 4.79 Å². The average molecular weight is 380 g/mol. The number of nitrogens with zero attached hydrogens (tertiary/aromatic N) is 2. The van der Waals surface area contributed by atoms with Gasteiger partial charge < -0.3 is 5.32 Å². The van der Waals surface area contributed by atoms with Gasteiger partial charge in [0.2, 0.25) is 0 Å². The van der Waals surface area contributed by atoms with Crippen molar-refractivity contribution in [2.75, 3.05) is 5.32 Å². The van der Waals surface area contributed by atoms with Gasteiger partial charge in [-0.25, -0.2) is 4.98 Å². The first-order valence-corrected chi connectivity index (χ1v) is 10.2. The van der Waals surface area contributed by atoms with E-state index in [0.29, 0.717) is 21.1 Å². The number of hydrogen-bond donors (Lipinski definition) is 1. The smallest absolute Gasteiger partial charge is 0.268 e. The van der Waals surface area contributed by atoms with Crippen LogP contribution in [0, 0.1) is 18.3 Å². The topological polar surface area (TPSA) is 65.8 Å². The van der Waals surface area contributed by atoms with Gasteiger partial charge in [-0.05, 0) is 38.2 Å². The number of anilines is 1. The third kappa shape index (κ3) is 3.05. The van der Waals surface area contributed by atoms with Gasteiger partial charge in [-0.2, -0.15) is 5.26 Å². The summed E-state index contributed by atoms with van der Waals surface area (Å²) in [6.07, 6.45) is 4.20. The molecule has 1 amide bonds. The number of aromatic nitrogens is 1. The number of aryl methyl sites for hydroxylation is 2. The molecule has 26 heavy (non-hydrogen) atoms. The van der Waals surface area contributed by atoms with Gasteiger partial charge in [-0.1, -0.05) is 30.3 Å². The number of thiophene rings is 1. The molecule has 1 aliphatic carbocycles. The van der Waals surface area contributed by atoms with E-state index in [1.54, 1.807) is 11.3 Å². The third-order valence-electron chi connectivity index (χ3n) is 4.53. The SMILES string of the molecule is Cc1nc(-c2ccccc2)sc1C(=O)Nc1sc2c(c1C#N)CCCC2. The zero-order chi connectivity index (χ0) is 18.1. The molecule has 130 valence electrons. The molecule has 4 nitrogen and oxygen atoms in total. The van der Waals surface area contributed by atoms with Crippen molar-refractivity contribution in [3.8, 4) is 16.6 Å². The Morgan fingerprint density at radius 1 is 1.19 bits per heavy atom. The molecule has 1 N–H and O–H groups in total. The zero-order valence-corrected chi connectivity index (χ0v) is 16.0. The van der Waals surface area contributed by atoms with Crippen molar-refractivity contribution >= 4 is 33.6 Å². The van der Waals surface area contributed by atoms with Crippen molar-refractivity contribution in [3.05, 3.63) is 56.9 Å². The largest absolute Gasteiger partial charge is 0.312 e. The number of fused-ring (bicyclic) bond motifs is 1. The summed E-state index contributed by atoms with van der Waals surface area (Å²) in [5, 5.41) is 14.0. The van der Waals surface area contributed by atoms with Crippen LogP contribution in [0.5, 0.6) is 0 Å². The number of thiazole rings is 1. The van der Waals surface area contributed by atoms with Crippen molar-refractivity contribution in [1.82, 2.24) is 4.98 Å². The lowest BCUT2D eigenvalue weighted by molar-refractivity contribution is 0.103. The van der Waals surface area contributed by atoms with E-state index in [1.165, 1.54) is 16.2 Å². The Bertz CT molecular complexity index is 1010. The summed E-state index contributed by atoms with van der Waals surface area (Å²) in [5.74, 6) is -0.183. The summed E-state index contributed by atoms with van der Waals surface area (Å²) in [4.78, 5) is 19.2. The number of benzene rings is 1. The van der Waals surface area contributed by atoms with Crippen LogP contribution in [0.25, 0.3) is 10.6 Å². The highest BCUT2D eigenvalue weighted by molar-refractivity contribution is 7.18. The van der Waals surface area contributed by atoms with Gasteiger partial charge in [0, 0.05) is 10.4 Å². The van der Waals surface area contributed by atoms with E-state index in [9.17, 15) is 10.1 Å². The molecule has 0 saturated heterocycles. The monoisotopic (exact) mass is 379 g/mol. The van der Waals surface area contributed by atoms with Gasteiger partial charge in [0.25, 0.3) is 5.91 Å². The Kier molecular flexibility index (Phi) is 4.58. The molecule has 3 aromatic rings. The van der Waals surface area contributed by atoms with Gasteiger partial charge in [0.15, 0.2) is 0 Å². The maximum atomic E-state index is 12.8. The standard InChI is InChI=1S/C20H17N3OS2/c1-12-17(26-19(22-12)13-7-3-2-4-8-13)18(24)23-20-15(11-21)14-9-5-6-10-16(14)25-20/h2-4,7-8H,5-6,9-10H2,1H3,(H,23,24). The lowest BCUT2D eigenvalue weighted by Crippen LogP contribution is -2.11. The summed E-state index contributed by atoms with van der Waals surface area (Å²) in [6, 6.07) is 12.1. The Morgan fingerprint density at radius 2 is 1.96 bits per heavy atom. The van der Waals surface area contributed by atoms with Gasteiger partial charge in [0.05, 0.1) is 11.3 Å². The normalized spacial score (nSPS) is 13.1. The minimum absolute atomic E-state index is 0.183. The molecular formula is C20H17N3OS2. The van der Waals surface area contributed by atoms with E-state index < -0.39 is 0 Å². The zero-order valence-electron chi connectivity index (χ0n) is 14.3. The number of nitrogens with one attached hydrogen (secondary N) is 1. The van der Waals surface area contributed by atoms with Crippen LogP contribution in [0.2, 0.25) is 0 Å². The molecule has 1 aliphatic rings. The van der Waals surface area contributed by atoms with E-state index in [4.69, 9.17) is 0 Å². The molecule has 2 aromatic heterocycles. The first kappa shape index (κ1) is 17.0. The number of amides is 1. The van der Waals surface area contributed by atoms with Crippen LogP contribution in [-0.2, 0) is 12.8 Å². The Hall–Kier alpha value is -2.49. The molecule has 2 heterocycles. The molecule has 0 spiro atoms. The summed E-state index contributed by atoms with van der Waals surface area (Å²) >= 11 is 2.94. The molecule has 0 atom stereocenters. The average Bonchev–Trinajstić information content (AvgIpc) is 3.22. The van der Waals surface area contributed by atoms with Crippen molar-refractivity contribution < 1.29 is 4.79 Å². The van der Waals surface area contributed by atoms with Crippen molar-refractivity contribution in [2.45, 2.75) is 32.6 Å². The summed E-state index contributed by atoms with van der Waals surface area (Å²) in [6.45, 7) is 1.85. The van der Waals surface area contributed by atoms with Gasteiger partial charge >= 0.3 is 0 Å². The number of nitriles is 1. The molecule has 0 aliphatic heterocycles. The summed E-state index contributed by atoms with van der Waals surface area (Å²) < 4.78 is 0. The predicted octanol–water partition coefficient (Wildman–Crippen LogP) is 5.18. The molecule has 6 heteroatoms. The second-order valence-electron chi connectivity index (χ2n) is 6.28. The Morgan fingerprint density at radius 3 is 2.73 bits per heavy atom. The highest BCUT2D eigenvalue weighted by Crippen LogP contribution is 2.38. The van der Waals surface area contributed by atoms with Crippen LogP contribution in [-0.4, -0.2) is 10.9 Å². The highest BCUT2D eigenvalue weighted by atomic mass is 32.1. The fraction of sp³-hybridized carbons (Fsp3) is 0.250. The van der Waals surface area contributed by atoms with Crippen molar-refractivity contribution in [1.29, 1.82) is 5.26 Å². The molecular weight excluding hydrogens is 362 g/mol. The number of carbonyl (C=O) groups excluding carboxylic acids is 1. The van der Waals surface area contributed by atoms with Crippen molar-refractivity contribution in [3.63, 3.8) is 0 Å². The highest BCUT2D eigenvalue weighted by Gasteiger charge is 2.23. The van der Waals surface area contributed by atoms with Gasteiger partial charge in [0.1, 0.15) is 21.0 Å². The first-order valence-electron chi connectivity index (χ1n) is 8.56. The molecule has 0 unspecified atom stereocenters. The number of hydrogen-bond acceptors (Lipinski definition) is 5. The number of rotatable bonds is 3. The van der Waals surface area contributed by atoms with Crippen LogP contribution in [0.15, 0.2) is 30.3 Å². The molecule has 0 bridgehead atoms. The molecule has 0 saturated carbocycles. The second kappa shape index (κ2) is 7.02. The quantitative estimate of drug-likeness (QED) is 0.681. The summed E-state index contributed by atoms with van der Waals surface area (Å²) in [7, 11) is 0. The van der Waals surface area contributed by atoms with E-state index in [1.807, 2.05) is 37.3 Å². The van der Waals surface area contributed by atoms with Crippen LogP contribution in [0.4, 0.5) is 5.00 Å². The Balaban J connectivity index is 1.63. The lowest BCUT2D eigenvalue weighted by Gasteiger charge is -2.09. The van der Waals surface area contributed by atoms with Gasteiger partial charge in [-0.15, -0.1) is 22.7 Å². The van der Waals surface area contributed by atoms with E-state index >= 15 is 0 Å². The maximum absolute atomic E-state index is 12.8. The van der Waals surface area contributed by atoms with E-state index in [-0.39, 0.29) is 5.91 Å². The van der Waals surface area contributed by atoms with E-state index in [0.717, 1.165) is 41.8 Å². The summed E-state index contributed by atoms with van der Waals surface area (Å²) in [5.41, 5.74) is 3.49. The fourth-order valence-electron chi connectivity index (χ4n) is 3.24. The predicted molar refractivity (Wildman–Crippen MR) is 106 cm³/mol. The minimum Gasteiger partial charge on any atom is -0.312 e. The second-order valence-corrected chi connectivity index (χ2v) is 8.38. The maximum Gasteiger partial charge on any atom is 0.268 e. The third-order valence-corrected chi connectivity index (χ3v) is 6.95. The van der Waals surface area contributed by atoms with E-state index in [2.05, 4.69) is 16.4 Å². The Labute approximate surface area is 160 Å². The van der Waals surface area contributed by atoms with Crippen LogP contribution < -0.4 is 5.32 Å². The molecule has 0 radical (unpaired) electrons. The van der Waals surface area contributed by atoms with Crippen LogP contribution in [0.1, 0.15) is 44.2 Å². The molecule has 0 fully saturated rings. The van der Waals surface area contributed by atoms with Crippen molar-refractivity contribution in [2.24, 2.45) is 0 Å².